The second-order valence-corrected chi connectivity index (χ2v) is 25.7. The lowest BCUT2D eigenvalue weighted by Crippen LogP contribution is -2.41. The van der Waals surface area contributed by atoms with E-state index in [0.717, 1.165) is 98.0 Å². The number of likely N-dealkylation sites (N-methyl/N-ethyl adjacent to an activating group) is 2. The van der Waals surface area contributed by atoms with Gasteiger partial charge in [-0.15, -0.1) is 0 Å². The van der Waals surface area contributed by atoms with Gasteiger partial charge in [0.2, 0.25) is 0 Å². The van der Waals surface area contributed by atoms with Crippen LogP contribution in [0.1, 0.15) is 134 Å². The lowest BCUT2D eigenvalue weighted by molar-refractivity contribution is 0.00578. The zero-order valence-corrected chi connectivity index (χ0v) is 55.1. The van der Waals surface area contributed by atoms with Crippen molar-refractivity contribution in [2.45, 2.75) is 114 Å². The van der Waals surface area contributed by atoms with Crippen LogP contribution in [-0.4, -0.2) is 153 Å². The van der Waals surface area contributed by atoms with E-state index in [0.29, 0.717) is 120 Å². The van der Waals surface area contributed by atoms with E-state index in [9.17, 15) is 25.2 Å². The molecular weight excluding hydrogens is 1220 g/mol. The Morgan fingerprint density at radius 2 is 1.17 bits per heavy atom. The highest BCUT2D eigenvalue weighted by atomic mass is 35.5. The van der Waals surface area contributed by atoms with Crippen molar-refractivity contribution >= 4 is 63.9 Å². The Balaban J connectivity index is 0.000000151. The molecule has 4 aromatic carbocycles. The lowest BCUT2D eigenvalue weighted by Gasteiger charge is -2.32. The number of aliphatic hydroxyl groups is 2. The zero-order chi connectivity index (χ0) is 66.4. The van der Waals surface area contributed by atoms with E-state index in [4.69, 9.17) is 63.5 Å². The van der Waals surface area contributed by atoms with Gasteiger partial charge in [0.15, 0.2) is 11.2 Å². The highest BCUT2D eigenvalue weighted by Crippen LogP contribution is 2.49. The van der Waals surface area contributed by atoms with Crippen LogP contribution in [0.3, 0.4) is 0 Å². The maximum atomic E-state index is 12.8. The molecule has 490 valence electrons. The topological polar surface area (TPSA) is 257 Å². The number of rotatable bonds is 18. The SMILES string of the molecule is CC1(C)OB(c2ccc(NC3CCOCC3)c(C#N)c2)OC1(C)C.COc1cc(C(=O)N(C)CCO)ccc1-c1cc2ncc(C3CC3)c(-c3ccc(OC4CCOCC4)c(C#N)c3)c2o1.COc1cc(C(=O)N(C)CCO)ccc1-c1cc2ncc(C3CC3)c(Cl)c2o1. The van der Waals surface area contributed by atoms with Crippen LogP contribution in [0.15, 0.2) is 106 Å². The van der Waals surface area contributed by atoms with Gasteiger partial charge >= 0.3 is 7.12 Å². The number of carbonyl (C=O) groups excluding carboxylic acids is 2. The first kappa shape index (κ1) is 66.9. The standard InChI is InChI=1S/C33H33N3O6.C21H21ClN2O4.C18H25BN2O3/c1-36(11-12-37)33(38)22-5-7-25(29(16-22)39-2)30-17-27-32(42-30)31(26(19-35-27)20-3-4-20)21-6-8-28(23(15-21)18-34)41-24-9-13-40-14-10-24;1-24(7-8-25)21(26)13-5-6-14(17(9-13)27-2)18-10-16-20(28-18)19(22)15(11-23-16)12-3-4-12;1-17(2)18(3,4)24-19(23-17)14-5-6-16(13(11-14)12-20)21-15-7-9-22-10-8-15/h5-8,15-17,19-20,24,37H,3-4,9-14H2,1-2H3;5-6,9-12,25H,3-4,7-8H2,1-2H3;5-6,11,15,21H,7-10H2,1-4H3. The van der Waals surface area contributed by atoms with Crippen molar-refractivity contribution in [1.29, 1.82) is 10.5 Å². The average Bonchev–Trinajstić information content (AvgIpc) is 1.70. The van der Waals surface area contributed by atoms with Crippen LogP contribution >= 0.6 is 11.6 Å². The summed E-state index contributed by atoms with van der Waals surface area (Å²) in [6, 6.07) is 30.6. The van der Waals surface area contributed by atoms with Gasteiger partial charge in [0, 0.05) is 100 Å². The van der Waals surface area contributed by atoms with E-state index in [1.807, 2.05) is 88.6 Å². The van der Waals surface area contributed by atoms with Gasteiger partial charge in [-0.2, -0.15) is 10.5 Å². The minimum Gasteiger partial charge on any atom is -0.496 e. The van der Waals surface area contributed by atoms with Crippen molar-refractivity contribution in [3.8, 4) is 63.2 Å². The summed E-state index contributed by atoms with van der Waals surface area (Å²) in [5, 5.41) is 41.9. The Bertz CT molecular complexity index is 4140. The van der Waals surface area contributed by atoms with Crippen LogP contribution in [0.5, 0.6) is 17.2 Å². The number of hydrogen-bond donors (Lipinski definition) is 3. The number of methoxy groups -OCH3 is 2. The van der Waals surface area contributed by atoms with Crippen molar-refractivity contribution in [3.63, 3.8) is 0 Å². The van der Waals surface area contributed by atoms with Crippen LogP contribution in [0, 0.1) is 22.7 Å². The minimum atomic E-state index is -0.445. The summed E-state index contributed by atoms with van der Waals surface area (Å²) >= 11 is 6.55. The summed E-state index contributed by atoms with van der Waals surface area (Å²) < 4.78 is 52.9. The predicted octanol–water partition coefficient (Wildman–Crippen LogP) is 12.1. The summed E-state index contributed by atoms with van der Waals surface area (Å²) in [5.74, 6) is 3.19. The Kier molecular flexibility index (Phi) is 20.7. The normalized spacial score (nSPS) is 16.8. The molecule has 5 fully saturated rings. The smallest absolute Gasteiger partial charge is 0.494 e. The molecule has 8 aromatic rings. The highest BCUT2D eigenvalue weighted by molar-refractivity contribution is 6.62. The summed E-state index contributed by atoms with van der Waals surface area (Å²) in [6.45, 7) is 11.3. The molecule has 3 saturated heterocycles. The van der Waals surface area contributed by atoms with Crippen molar-refractivity contribution < 1.29 is 61.6 Å². The molecule has 20 nitrogen and oxygen atoms in total. The van der Waals surface area contributed by atoms with Gasteiger partial charge in [-0.05, 0) is 161 Å². The number of pyridine rings is 2. The Hall–Kier alpha value is -8.51. The maximum absolute atomic E-state index is 12.8. The molecular formula is C72H79BClN7O13. The monoisotopic (exact) mass is 1300 g/mol. The molecule has 4 aromatic heterocycles. The largest absolute Gasteiger partial charge is 0.496 e. The van der Waals surface area contributed by atoms with Crippen molar-refractivity contribution in [1.82, 2.24) is 19.8 Å². The molecule has 0 unspecified atom stereocenters. The molecule has 22 heteroatoms. The number of anilines is 1. The van der Waals surface area contributed by atoms with E-state index < -0.39 is 7.12 Å². The van der Waals surface area contributed by atoms with Gasteiger partial charge in [-0.1, -0.05) is 23.7 Å². The number of furan rings is 2. The third-order valence-electron chi connectivity index (χ3n) is 18.2. The first-order valence-electron chi connectivity index (χ1n) is 32.0. The van der Waals surface area contributed by atoms with Crippen molar-refractivity contribution in [3.05, 3.63) is 136 Å². The summed E-state index contributed by atoms with van der Waals surface area (Å²) in [5.41, 5.74) is 10.9. The second-order valence-electron chi connectivity index (χ2n) is 25.3. The van der Waals surface area contributed by atoms with E-state index in [2.05, 4.69) is 22.4 Å². The van der Waals surface area contributed by atoms with Gasteiger partial charge in [0.05, 0.1) is 84.8 Å². The maximum Gasteiger partial charge on any atom is 0.494 e. The van der Waals surface area contributed by atoms with Crippen LogP contribution in [0.2, 0.25) is 5.02 Å². The van der Waals surface area contributed by atoms with E-state index >= 15 is 0 Å². The molecule has 3 N–H and O–H groups in total. The van der Waals surface area contributed by atoms with E-state index in [1.54, 1.807) is 64.7 Å². The number of benzene rings is 4. The Morgan fingerprint density at radius 3 is 1.70 bits per heavy atom. The minimum absolute atomic E-state index is 0.0331. The van der Waals surface area contributed by atoms with Crippen molar-refractivity contribution in [2.75, 3.05) is 86.4 Å². The summed E-state index contributed by atoms with van der Waals surface area (Å²) in [7, 11) is 5.94. The van der Waals surface area contributed by atoms with Crippen LogP contribution < -0.4 is 25.0 Å². The molecule has 5 aliphatic rings. The lowest BCUT2D eigenvalue weighted by atomic mass is 9.78. The second kappa shape index (κ2) is 29.0. The number of nitrogens with one attached hydrogen (secondary N) is 1. The molecule has 2 aliphatic carbocycles. The van der Waals surface area contributed by atoms with Crippen molar-refractivity contribution in [2.24, 2.45) is 0 Å². The number of ether oxygens (including phenoxy) is 5. The Morgan fingerprint density at radius 1 is 0.649 bits per heavy atom. The quantitative estimate of drug-likeness (QED) is 0.0675. The fraction of sp³-hybridized carbons (Fsp3) is 0.417. The molecule has 0 spiro atoms. The van der Waals surface area contributed by atoms with Crippen LogP contribution in [0.25, 0.3) is 56.0 Å². The van der Waals surface area contributed by atoms with E-state index in [1.165, 1.54) is 9.80 Å². The molecule has 0 atom stereocenters. The number of fused-ring (bicyclic) bond motifs is 2. The van der Waals surface area contributed by atoms with Gasteiger partial charge in [0.25, 0.3) is 11.8 Å². The molecule has 2 amide bonds. The third kappa shape index (κ3) is 14.7. The van der Waals surface area contributed by atoms with Gasteiger partial charge < -0.3 is 67.2 Å². The average molecular weight is 1300 g/mol. The Labute approximate surface area is 552 Å². The zero-order valence-electron chi connectivity index (χ0n) is 54.4. The third-order valence-corrected chi connectivity index (χ3v) is 18.6. The van der Waals surface area contributed by atoms with E-state index in [-0.39, 0.29) is 55.4 Å². The predicted molar refractivity (Wildman–Crippen MR) is 358 cm³/mol. The molecule has 2 saturated carbocycles. The number of amides is 2. The number of hydrogen-bond acceptors (Lipinski definition) is 18. The van der Waals surface area contributed by atoms with Gasteiger partial charge in [-0.3, -0.25) is 19.6 Å². The summed E-state index contributed by atoms with van der Waals surface area (Å²) in [4.78, 5) is 37.4. The molecule has 0 bridgehead atoms. The number of nitriles is 2. The van der Waals surface area contributed by atoms with Crippen LogP contribution in [0.4, 0.5) is 5.69 Å². The van der Waals surface area contributed by atoms with Crippen LogP contribution in [-0.2, 0) is 18.8 Å². The highest BCUT2D eigenvalue weighted by Gasteiger charge is 2.52. The molecule has 13 rings (SSSR count). The first-order chi connectivity index (χ1) is 45.3. The number of halogens is 1. The molecule has 7 heterocycles. The van der Waals surface area contributed by atoms with Gasteiger partial charge in [-0.25, -0.2) is 0 Å². The molecule has 0 radical (unpaired) electrons. The fourth-order valence-electron chi connectivity index (χ4n) is 11.7. The number of aromatic nitrogens is 2. The molecule has 3 aliphatic heterocycles. The van der Waals surface area contributed by atoms with Gasteiger partial charge in [0.1, 0.15) is 58.0 Å². The summed E-state index contributed by atoms with van der Waals surface area (Å²) in [6.07, 6.45) is 11.7. The number of carbonyl (C=O) groups is 2. The number of nitrogens with zero attached hydrogens (tertiary/aromatic N) is 6. The fourth-order valence-corrected chi connectivity index (χ4v) is 12.1. The first-order valence-corrected chi connectivity index (χ1v) is 32.4. The molecule has 94 heavy (non-hydrogen) atoms. The number of aliphatic hydroxyl groups excluding tert-OH is 2.